The van der Waals surface area contributed by atoms with E-state index in [-0.39, 0.29) is 62.8 Å². The molecule has 6 nitrogen and oxygen atoms in total. The van der Waals surface area contributed by atoms with Gasteiger partial charge in [0.15, 0.2) is 17.4 Å². The third-order valence-corrected chi connectivity index (χ3v) is 0.695. The Morgan fingerprint density at radius 3 is 1.55 bits per heavy atom. The molecule has 0 unspecified atom stereocenters. The number of hydrogen-bond acceptors (Lipinski definition) is 4. The topological polar surface area (TPSA) is 107 Å². The summed E-state index contributed by atoms with van der Waals surface area (Å²) in [5.74, 6) is 0. The van der Waals surface area contributed by atoms with Crippen LogP contribution in [0.25, 0.3) is 0 Å². The first-order chi connectivity index (χ1) is 3.42. The monoisotopic (exact) mass is 305 g/mol. The molecule has 0 spiro atoms. The van der Waals surface area contributed by atoms with Gasteiger partial charge in [0.2, 0.25) is 0 Å². The minimum Gasteiger partial charge on any atom is -0.401 e. The molecule has 0 saturated heterocycles. The molecular formula is H9AgAlBMgO6P. The molecule has 0 atom stereocenters. The number of phosphoric acid groups is 1. The zero-order valence-corrected chi connectivity index (χ0v) is 6.31. The van der Waals surface area contributed by atoms with Crippen LogP contribution in [0, 0.1) is 0 Å². The maximum Gasteiger partial charge on any atom is 0.642 e. The molecule has 4 N–H and O–H groups in total. The number of rotatable bonds is 2. The van der Waals surface area contributed by atoms with Gasteiger partial charge in [-0.15, -0.1) is 0 Å². The second-order valence-electron chi connectivity index (χ2n) is 0.922. The van der Waals surface area contributed by atoms with E-state index < -0.39 is 15.1 Å². The Balaban J connectivity index is -0.0000000817. The molecule has 0 aromatic rings. The van der Waals surface area contributed by atoms with Crippen LogP contribution in [-0.2, 0) is 31.4 Å². The van der Waals surface area contributed by atoms with Gasteiger partial charge < -0.3 is 19.8 Å². The summed E-state index contributed by atoms with van der Waals surface area (Å²) in [6, 6.07) is 0. The minimum atomic E-state index is -4.72. The molecule has 69 valence electrons. The average molecular weight is 306 g/mol. The van der Waals surface area contributed by atoms with Gasteiger partial charge in [-0.05, 0) is 0 Å². The van der Waals surface area contributed by atoms with E-state index >= 15 is 0 Å². The Morgan fingerprint density at radius 2 is 1.55 bits per heavy atom. The Kier molecular flexibility index (Phi) is 21.5. The van der Waals surface area contributed by atoms with Crippen LogP contribution in [0.2, 0.25) is 0 Å². The average Bonchev–Trinajstić information content (AvgIpc) is 1.21. The fourth-order valence-electron chi connectivity index (χ4n) is 0.123. The van der Waals surface area contributed by atoms with Gasteiger partial charge >= 0.3 is 38.2 Å². The predicted octanol–water partition coefficient (Wildman–Crippen LogP) is -4.04. The summed E-state index contributed by atoms with van der Waals surface area (Å²) in [5, 5.41) is 15.5. The van der Waals surface area contributed by atoms with E-state index in [1.807, 2.05) is 0 Å². The summed E-state index contributed by atoms with van der Waals surface area (Å²) in [6.07, 6.45) is 0. The van der Waals surface area contributed by atoms with Crippen molar-refractivity contribution in [1.29, 1.82) is 0 Å². The Morgan fingerprint density at radius 1 is 1.27 bits per heavy atom. The van der Waals surface area contributed by atoms with E-state index in [9.17, 15) is 4.57 Å². The number of hydrogen-bond donors (Lipinski definition) is 4. The van der Waals surface area contributed by atoms with Crippen LogP contribution in [0.15, 0.2) is 0 Å². The first-order valence-corrected chi connectivity index (χ1v) is 3.05. The van der Waals surface area contributed by atoms with Crippen LogP contribution in [0.5, 0.6) is 0 Å². The van der Waals surface area contributed by atoms with Crippen molar-refractivity contribution in [3.63, 3.8) is 0 Å². The van der Waals surface area contributed by atoms with Crippen LogP contribution < -0.4 is 0 Å². The Labute approximate surface area is 106 Å². The standard InChI is InChI=1S/Ag.Al.BH4O6P.Mg.5H/c;;2-1(3)7-8(4,5)6;;;;;;/h;;2-3H,(H2,4,5,6);;;;;;. The van der Waals surface area contributed by atoms with Crippen LogP contribution in [-0.4, -0.2) is 67.6 Å². The van der Waals surface area contributed by atoms with Crippen LogP contribution in [0.4, 0.5) is 0 Å². The molecule has 0 aliphatic carbocycles. The van der Waals surface area contributed by atoms with E-state index in [1.165, 1.54) is 0 Å². The fourth-order valence-corrected chi connectivity index (χ4v) is 0.368. The fraction of sp³-hybridized carbons (Fsp3) is 0. The molecule has 0 aliphatic rings. The van der Waals surface area contributed by atoms with Crippen molar-refractivity contribution in [2.75, 3.05) is 0 Å². The van der Waals surface area contributed by atoms with Gasteiger partial charge in [-0.1, -0.05) is 0 Å². The Bertz CT molecular complexity index is 115. The normalized spacial score (nSPS) is 8.36. The third-order valence-electron chi connectivity index (χ3n) is 0.232. The zero-order chi connectivity index (χ0) is 6.78. The van der Waals surface area contributed by atoms with Crippen molar-refractivity contribution in [2.45, 2.75) is 0 Å². The summed E-state index contributed by atoms with van der Waals surface area (Å²) < 4.78 is 12.8. The van der Waals surface area contributed by atoms with Gasteiger partial charge in [-0.2, -0.15) is 0 Å². The van der Waals surface area contributed by atoms with Gasteiger partial charge in [0.25, 0.3) is 0 Å². The zero-order valence-electron chi connectivity index (χ0n) is 3.93. The molecule has 0 amide bonds. The molecule has 1 radical (unpaired) electrons. The van der Waals surface area contributed by atoms with Crippen molar-refractivity contribution in [2.24, 2.45) is 0 Å². The summed E-state index contributed by atoms with van der Waals surface area (Å²) in [4.78, 5) is 15.5. The van der Waals surface area contributed by atoms with E-state index in [1.54, 1.807) is 0 Å². The van der Waals surface area contributed by atoms with Gasteiger partial charge in [0.05, 0.1) is 0 Å². The van der Waals surface area contributed by atoms with E-state index in [4.69, 9.17) is 19.8 Å². The first-order valence-electron chi connectivity index (χ1n) is 1.52. The molecule has 0 aromatic carbocycles. The van der Waals surface area contributed by atoms with E-state index in [2.05, 4.69) is 4.44 Å². The molecule has 0 aliphatic heterocycles. The van der Waals surface area contributed by atoms with Gasteiger partial charge in [-0.25, -0.2) is 4.57 Å². The minimum absolute atomic E-state index is 0. The first kappa shape index (κ1) is 23.2. The van der Waals surface area contributed by atoms with Crippen molar-refractivity contribution in [3.8, 4) is 0 Å². The summed E-state index contributed by atoms with van der Waals surface area (Å²) in [6.45, 7) is 0. The molecule has 11 heteroatoms. The molecule has 0 aromatic heterocycles. The van der Waals surface area contributed by atoms with Crippen molar-refractivity contribution in [1.82, 2.24) is 0 Å². The largest absolute Gasteiger partial charge is 0.642 e. The SMILES string of the molecule is O=P(O)(O)OB(O)O.[Ag].[AlH3].[MgH2]. The van der Waals surface area contributed by atoms with Gasteiger partial charge in [0.1, 0.15) is 0 Å². The van der Waals surface area contributed by atoms with Gasteiger partial charge in [-0.3, -0.25) is 4.44 Å². The van der Waals surface area contributed by atoms with Crippen LogP contribution in [0.3, 0.4) is 0 Å². The molecule has 0 fully saturated rings. The predicted molar refractivity (Wildman–Crippen MR) is 41.8 cm³/mol. The molecular weight excluding hydrogens is 297 g/mol. The quantitative estimate of drug-likeness (QED) is 0.306. The second kappa shape index (κ2) is 10.2. The molecule has 11 heavy (non-hydrogen) atoms. The van der Waals surface area contributed by atoms with Crippen molar-refractivity contribution in [3.05, 3.63) is 0 Å². The van der Waals surface area contributed by atoms with E-state index in [0.29, 0.717) is 0 Å². The smallest absolute Gasteiger partial charge is 0.401 e. The Hall–Kier alpha value is 2.13. The second-order valence-corrected chi connectivity index (χ2v) is 2.11. The molecule has 0 saturated carbocycles. The van der Waals surface area contributed by atoms with E-state index in [0.717, 1.165) is 0 Å². The van der Waals surface area contributed by atoms with Crippen molar-refractivity contribution >= 4 is 55.6 Å². The molecule has 0 bridgehead atoms. The summed E-state index contributed by atoms with van der Waals surface area (Å²) in [5.41, 5.74) is 0. The third kappa shape index (κ3) is 24.5. The van der Waals surface area contributed by atoms with Crippen LogP contribution in [0.1, 0.15) is 0 Å². The molecule has 0 heterocycles. The van der Waals surface area contributed by atoms with Crippen molar-refractivity contribution < 1.29 is 51.2 Å². The van der Waals surface area contributed by atoms with Crippen LogP contribution >= 0.6 is 7.82 Å². The van der Waals surface area contributed by atoms with Gasteiger partial charge in [0, 0.05) is 22.4 Å². The summed E-state index contributed by atoms with van der Waals surface area (Å²) >= 11 is 0. The maximum atomic E-state index is 9.59. The maximum absolute atomic E-state index is 9.59. The summed E-state index contributed by atoms with van der Waals surface area (Å²) in [7, 11) is -7.14. The molecule has 0 rings (SSSR count).